The van der Waals surface area contributed by atoms with E-state index in [1.807, 2.05) is 0 Å². The smallest absolute Gasteiger partial charge is 0.333 e. The zero-order valence-electron chi connectivity index (χ0n) is 13.8. The highest BCUT2D eigenvalue weighted by atomic mass is 32.2. The van der Waals surface area contributed by atoms with Crippen LogP contribution in [0.4, 0.5) is 0 Å². The summed E-state index contributed by atoms with van der Waals surface area (Å²) in [6.45, 7) is 3.45. The van der Waals surface area contributed by atoms with E-state index in [9.17, 15) is 24.6 Å². The van der Waals surface area contributed by atoms with E-state index in [1.54, 1.807) is 13.8 Å². The van der Waals surface area contributed by atoms with Crippen LogP contribution in [-0.4, -0.2) is 68.5 Å². The van der Waals surface area contributed by atoms with Crippen molar-refractivity contribution in [3.63, 3.8) is 0 Å². The van der Waals surface area contributed by atoms with E-state index in [0.29, 0.717) is 23.0 Å². The SMILES string of the molecule is CC1(C)OC(CSCCCC(=O)ON2C(=O)CCC2=O)C(O)C1O. The normalized spacial score (nSPS) is 29.3. The van der Waals surface area contributed by atoms with Crippen molar-refractivity contribution in [2.24, 2.45) is 0 Å². The topological polar surface area (TPSA) is 113 Å². The minimum Gasteiger partial charge on any atom is -0.388 e. The van der Waals surface area contributed by atoms with Crippen LogP contribution >= 0.6 is 11.8 Å². The van der Waals surface area contributed by atoms with E-state index in [4.69, 9.17) is 9.57 Å². The van der Waals surface area contributed by atoms with Gasteiger partial charge in [0.1, 0.15) is 12.2 Å². The highest BCUT2D eigenvalue weighted by Crippen LogP contribution is 2.32. The zero-order chi connectivity index (χ0) is 17.9. The Hall–Kier alpha value is -1.16. The lowest BCUT2D eigenvalue weighted by molar-refractivity contribution is -0.197. The molecule has 0 aliphatic carbocycles. The van der Waals surface area contributed by atoms with Gasteiger partial charge in [0.15, 0.2) is 0 Å². The molecule has 3 unspecified atom stereocenters. The summed E-state index contributed by atoms with van der Waals surface area (Å²) >= 11 is 1.49. The van der Waals surface area contributed by atoms with E-state index in [1.165, 1.54) is 11.8 Å². The van der Waals surface area contributed by atoms with Gasteiger partial charge in [-0.2, -0.15) is 11.8 Å². The fourth-order valence-corrected chi connectivity index (χ4v) is 3.61. The number of hydrogen-bond donors (Lipinski definition) is 2. The fourth-order valence-electron chi connectivity index (χ4n) is 2.60. The quantitative estimate of drug-likeness (QED) is 0.481. The number of nitrogens with zero attached hydrogens (tertiary/aromatic N) is 1. The molecule has 0 aromatic rings. The Bertz CT molecular complexity index is 494. The number of rotatable bonds is 7. The molecule has 2 heterocycles. The number of imide groups is 1. The van der Waals surface area contributed by atoms with Crippen molar-refractivity contribution in [3.8, 4) is 0 Å². The highest BCUT2D eigenvalue weighted by Gasteiger charge is 2.47. The molecule has 2 aliphatic heterocycles. The van der Waals surface area contributed by atoms with Crippen molar-refractivity contribution in [1.82, 2.24) is 5.06 Å². The van der Waals surface area contributed by atoms with Gasteiger partial charge in [0.25, 0.3) is 11.8 Å². The molecular formula is C15H23NO7S. The third-order valence-electron chi connectivity index (χ3n) is 4.02. The minimum absolute atomic E-state index is 0.0773. The molecule has 2 rings (SSSR count). The molecule has 2 saturated heterocycles. The van der Waals surface area contributed by atoms with Crippen molar-refractivity contribution in [2.45, 2.75) is 63.4 Å². The van der Waals surface area contributed by atoms with Gasteiger partial charge in [0.2, 0.25) is 0 Å². The van der Waals surface area contributed by atoms with Gasteiger partial charge in [-0.15, -0.1) is 5.06 Å². The van der Waals surface area contributed by atoms with Crippen molar-refractivity contribution in [1.29, 1.82) is 0 Å². The van der Waals surface area contributed by atoms with Gasteiger partial charge in [-0.1, -0.05) is 0 Å². The van der Waals surface area contributed by atoms with E-state index in [-0.39, 0.29) is 19.3 Å². The Morgan fingerprint density at radius 3 is 2.50 bits per heavy atom. The van der Waals surface area contributed by atoms with Crippen LogP contribution < -0.4 is 0 Å². The lowest BCUT2D eigenvalue weighted by Gasteiger charge is -2.21. The van der Waals surface area contributed by atoms with Crippen molar-refractivity contribution in [3.05, 3.63) is 0 Å². The van der Waals surface area contributed by atoms with Crippen LogP contribution in [0.25, 0.3) is 0 Å². The second-order valence-corrected chi connectivity index (χ2v) is 7.57. The molecule has 0 radical (unpaired) electrons. The Labute approximate surface area is 144 Å². The maximum absolute atomic E-state index is 11.6. The molecule has 9 heteroatoms. The van der Waals surface area contributed by atoms with Crippen LogP contribution in [0.15, 0.2) is 0 Å². The van der Waals surface area contributed by atoms with Crippen LogP contribution in [-0.2, 0) is 24.0 Å². The van der Waals surface area contributed by atoms with E-state index < -0.39 is 41.7 Å². The molecule has 3 atom stereocenters. The van der Waals surface area contributed by atoms with Crippen molar-refractivity contribution < 1.29 is 34.2 Å². The van der Waals surface area contributed by atoms with Gasteiger partial charge in [-0.05, 0) is 26.0 Å². The molecule has 2 aliphatic rings. The van der Waals surface area contributed by atoms with Gasteiger partial charge >= 0.3 is 5.97 Å². The predicted octanol–water partition coefficient (Wildman–Crippen LogP) is 0.00620. The number of aliphatic hydroxyl groups is 2. The number of hydroxylamine groups is 2. The Morgan fingerprint density at radius 2 is 1.96 bits per heavy atom. The summed E-state index contributed by atoms with van der Waals surface area (Å²) in [5.74, 6) is -0.472. The molecule has 136 valence electrons. The third kappa shape index (κ3) is 4.47. The summed E-state index contributed by atoms with van der Waals surface area (Å²) < 4.78 is 5.62. The molecule has 2 N–H and O–H groups in total. The van der Waals surface area contributed by atoms with Crippen molar-refractivity contribution in [2.75, 3.05) is 11.5 Å². The summed E-state index contributed by atoms with van der Waals surface area (Å²) in [6, 6.07) is 0. The first-order valence-electron chi connectivity index (χ1n) is 7.90. The van der Waals surface area contributed by atoms with E-state index in [0.717, 1.165) is 0 Å². The predicted molar refractivity (Wildman–Crippen MR) is 84.7 cm³/mol. The van der Waals surface area contributed by atoms with Crippen molar-refractivity contribution >= 4 is 29.5 Å². The first kappa shape index (κ1) is 19.2. The summed E-state index contributed by atoms with van der Waals surface area (Å²) in [4.78, 5) is 39.0. The number of hydrogen-bond acceptors (Lipinski definition) is 8. The average molecular weight is 361 g/mol. The molecule has 24 heavy (non-hydrogen) atoms. The van der Waals surface area contributed by atoms with Gasteiger partial charge in [0.05, 0.1) is 11.7 Å². The maximum atomic E-state index is 11.6. The number of aliphatic hydroxyl groups excluding tert-OH is 2. The monoisotopic (exact) mass is 361 g/mol. The molecule has 0 aromatic heterocycles. The maximum Gasteiger partial charge on any atom is 0.333 e. The van der Waals surface area contributed by atoms with Gasteiger partial charge in [-0.3, -0.25) is 9.59 Å². The minimum atomic E-state index is -0.926. The van der Waals surface area contributed by atoms with Crippen LogP contribution in [0.3, 0.4) is 0 Å². The Balaban J connectivity index is 1.61. The van der Waals surface area contributed by atoms with E-state index >= 15 is 0 Å². The Kier molecular flexibility index (Phi) is 6.24. The average Bonchev–Trinajstić information content (AvgIpc) is 2.92. The van der Waals surface area contributed by atoms with Gasteiger partial charge < -0.3 is 19.8 Å². The number of carbonyl (C=O) groups excluding carboxylic acids is 3. The number of amides is 2. The number of ether oxygens (including phenoxy) is 1. The van der Waals surface area contributed by atoms with Crippen LogP contribution in [0, 0.1) is 0 Å². The molecule has 8 nitrogen and oxygen atoms in total. The molecule has 0 bridgehead atoms. The molecule has 0 saturated carbocycles. The van der Waals surface area contributed by atoms with Gasteiger partial charge in [0, 0.05) is 25.0 Å². The lowest BCUT2D eigenvalue weighted by atomic mass is 9.99. The second-order valence-electron chi connectivity index (χ2n) is 6.42. The summed E-state index contributed by atoms with van der Waals surface area (Å²) in [5.41, 5.74) is -0.775. The second kappa shape index (κ2) is 7.81. The van der Waals surface area contributed by atoms with Crippen LogP contribution in [0.5, 0.6) is 0 Å². The fraction of sp³-hybridized carbons (Fsp3) is 0.800. The van der Waals surface area contributed by atoms with Crippen LogP contribution in [0.1, 0.15) is 39.5 Å². The third-order valence-corrected chi connectivity index (χ3v) is 5.16. The summed E-state index contributed by atoms with van der Waals surface area (Å²) in [7, 11) is 0. The zero-order valence-corrected chi connectivity index (χ0v) is 14.6. The first-order valence-corrected chi connectivity index (χ1v) is 9.06. The highest BCUT2D eigenvalue weighted by molar-refractivity contribution is 7.99. The molecule has 2 fully saturated rings. The van der Waals surface area contributed by atoms with Crippen LogP contribution in [0.2, 0.25) is 0 Å². The molecule has 0 aromatic carbocycles. The largest absolute Gasteiger partial charge is 0.388 e. The summed E-state index contributed by atoms with van der Waals surface area (Å²) in [5, 5.41) is 20.3. The summed E-state index contributed by atoms with van der Waals surface area (Å²) in [6.07, 6.45) is -1.55. The van der Waals surface area contributed by atoms with E-state index in [2.05, 4.69) is 0 Å². The van der Waals surface area contributed by atoms with Gasteiger partial charge in [-0.25, -0.2) is 4.79 Å². The Morgan fingerprint density at radius 1 is 1.33 bits per heavy atom. The number of thioether (sulfide) groups is 1. The molecule has 0 spiro atoms. The lowest BCUT2D eigenvalue weighted by Crippen LogP contribution is -2.38. The standard InChI is InChI=1S/C15H23NO7S/c1-15(2)14(21)13(20)9(22-15)8-24-7-3-4-12(19)23-16-10(17)5-6-11(16)18/h9,13-14,20-21H,3-8H2,1-2H3. The number of carbonyl (C=O) groups is 3. The first-order chi connectivity index (χ1) is 11.2. The molecule has 2 amide bonds. The molecular weight excluding hydrogens is 338 g/mol.